The van der Waals surface area contributed by atoms with Crippen LogP contribution in [0.5, 0.6) is 0 Å². The lowest BCUT2D eigenvalue weighted by molar-refractivity contribution is 0.174. The molecule has 2 unspecified atom stereocenters. The van der Waals surface area contributed by atoms with E-state index in [1.54, 1.807) is 18.4 Å². The summed E-state index contributed by atoms with van der Waals surface area (Å²) in [6.07, 6.45) is 0.981. The first-order valence-electron chi connectivity index (χ1n) is 4.38. The number of ether oxygens (including phenoxy) is 1. The average Bonchev–Trinajstić information content (AvgIpc) is 2.65. The maximum atomic E-state index is 6.01. The van der Waals surface area contributed by atoms with E-state index in [-0.39, 0.29) is 6.04 Å². The summed E-state index contributed by atoms with van der Waals surface area (Å²) in [7, 11) is 1.71. The summed E-state index contributed by atoms with van der Waals surface area (Å²) in [5.74, 6) is 0.419. The molecule has 0 amide bonds. The standard InChI is InChI=1S/C9H16N2OS/c1-7(3-4-12-2)9(10)8-5-13-6-11-8/h5-7,9H,3-4,10H2,1-2H3. The number of hydrogen-bond acceptors (Lipinski definition) is 4. The summed E-state index contributed by atoms with van der Waals surface area (Å²) < 4.78 is 5.01. The highest BCUT2D eigenvalue weighted by Crippen LogP contribution is 2.21. The van der Waals surface area contributed by atoms with Gasteiger partial charge in [-0.2, -0.15) is 0 Å². The van der Waals surface area contributed by atoms with Gasteiger partial charge in [0.05, 0.1) is 17.2 Å². The predicted molar refractivity (Wildman–Crippen MR) is 54.7 cm³/mol. The van der Waals surface area contributed by atoms with Crippen molar-refractivity contribution in [1.29, 1.82) is 0 Å². The Balaban J connectivity index is 2.43. The van der Waals surface area contributed by atoms with E-state index in [1.165, 1.54) is 0 Å². The second-order valence-electron chi connectivity index (χ2n) is 3.20. The number of thiazole rings is 1. The van der Waals surface area contributed by atoms with Gasteiger partial charge >= 0.3 is 0 Å². The molecule has 4 heteroatoms. The Morgan fingerprint density at radius 1 is 1.69 bits per heavy atom. The Morgan fingerprint density at radius 2 is 2.46 bits per heavy atom. The van der Waals surface area contributed by atoms with Crippen molar-refractivity contribution in [2.24, 2.45) is 11.7 Å². The Kier molecular flexibility index (Phi) is 4.35. The van der Waals surface area contributed by atoms with E-state index < -0.39 is 0 Å². The van der Waals surface area contributed by atoms with Gasteiger partial charge in [0, 0.05) is 19.1 Å². The van der Waals surface area contributed by atoms with E-state index in [2.05, 4.69) is 11.9 Å². The largest absolute Gasteiger partial charge is 0.385 e. The van der Waals surface area contributed by atoms with Gasteiger partial charge in [0.25, 0.3) is 0 Å². The quantitative estimate of drug-likeness (QED) is 0.788. The van der Waals surface area contributed by atoms with E-state index in [0.29, 0.717) is 5.92 Å². The smallest absolute Gasteiger partial charge is 0.0795 e. The van der Waals surface area contributed by atoms with Crippen LogP contribution >= 0.6 is 11.3 Å². The van der Waals surface area contributed by atoms with Gasteiger partial charge in [0.1, 0.15) is 0 Å². The van der Waals surface area contributed by atoms with Gasteiger partial charge < -0.3 is 10.5 Å². The van der Waals surface area contributed by atoms with Crippen LogP contribution in [0.2, 0.25) is 0 Å². The first-order valence-corrected chi connectivity index (χ1v) is 5.32. The van der Waals surface area contributed by atoms with Crippen LogP contribution in [0.25, 0.3) is 0 Å². The Bertz CT molecular complexity index is 226. The van der Waals surface area contributed by atoms with Crippen molar-refractivity contribution in [3.05, 3.63) is 16.6 Å². The molecule has 0 spiro atoms. The summed E-state index contributed by atoms with van der Waals surface area (Å²) in [4.78, 5) is 4.20. The number of methoxy groups -OCH3 is 1. The van der Waals surface area contributed by atoms with Crippen molar-refractivity contribution in [2.75, 3.05) is 13.7 Å². The fourth-order valence-electron chi connectivity index (χ4n) is 1.16. The number of nitrogens with two attached hydrogens (primary N) is 1. The van der Waals surface area contributed by atoms with Crippen LogP contribution in [0.4, 0.5) is 0 Å². The summed E-state index contributed by atoms with van der Waals surface area (Å²) in [6, 6.07) is 0.0430. The average molecular weight is 200 g/mol. The molecule has 0 bridgehead atoms. The van der Waals surface area contributed by atoms with Crippen molar-refractivity contribution in [3.63, 3.8) is 0 Å². The number of nitrogens with zero attached hydrogens (tertiary/aromatic N) is 1. The molecule has 0 aliphatic heterocycles. The number of rotatable bonds is 5. The third-order valence-electron chi connectivity index (χ3n) is 2.18. The minimum Gasteiger partial charge on any atom is -0.385 e. The molecule has 0 aromatic carbocycles. The fraction of sp³-hybridized carbons (Fsp3) is 0.667. The van der Waals surface area contributed by atoms with Gasteiger partial charge in [-0.15, -0.1) is 11.3 Å². The minimum atomic E-state index is 0.0430. The first-order chi connectivity index (χ1) is 6.25. The van der Waals surface area contributed by atoms with Gasteiger partial charge in [-0.1, -0.05) is 6.92 Å². The molecule has 0 aliphatic rings. The van der Waals surface area contributed by atoms with Crippen molar-refractivity contribution < 1.29 is 4.74 Å². The van der Waals surface area contributed by atoms with Crippen LogP contribution in [0, 0.1) is 5.92 Å². The third kappa shape index (κ3) is 3.06. The summed E-state index contributed by atoms with van der Waals surface area (Å²) in [6.45, 7) is 2.89. The lowest BCUT2D eigenvalue weighted by Crippen LogP contribution is -2.20. The van der Waals surface area contributed by atoms with Crippen molar-refractivity contribution in [1.82, 2.24) is 4.98 Å². The molecule has 0 saturated carbocycles. The number of aromatic nitrogens is 1. The predicted octanol–water partition coefficient (Wildman–Crippen LogP) is 1.82. The molecule has 2 N–H and O–H groups in total. The zero-order valence-electron chi connectivity index (χ0n) is 8.06. The molecule has 0 saturated heterocycles. The van der Waals surface area contributed by atoms with Gasteiger partial charge in [-0.25, -0.2) is 4.98 Å². The first kappa shape index (κ1) is 10.6. The van der Waals surface area contributed by atoms with Crippen LogP contribution in [-0.2, 0) is 4.74 Å². The maximum Gasteiger partial charge on any atom is 0.0795 e. The molecule has 0 radical (unpaired) electrons. The monoisotopic (exact) mass is 200 g/mol. The SMILES string of the molecule is COCCC(C)C(N)c1cscn1. The highest BCUT2D eigenvalue weighted by atomic mass is 32.1. The van der Waals surface area contributed by atoms with Crippen LogP contribution < -0.4 is 5.73 Å². The lowest BCUT2D eigenvalue weighted by atomic mass is 9.97. The fourth-order valence-corrected chi connectivity index (χ4v) is 1.76. The van der Waals surface area contributed by atoms with Crippen LogP contribution in [0.15, 0.2) is 10.9 Å². The molecule has 0 aliphatic carbocycles. The zero-order valence-corrected chi connectivity index (χ0v) is 8.88. The summed E-state index contributed by atoms with van der Waals surface area (Å²) in [5, 5.41) is 2.01. The molecule has 1 aromatic heterocycles. The third-order valence-corrected chi connectivity index (χ3v) is 2.79. The van der Waals surface area contributed by atoms with E-state index in [4.69, 9.17) is 10.5 Å². The van der Waals surface area contributed by atoms with Crippen LogP contribution in [-0.4, -0.2) is 18.7 Å². The maximum absolute atomic E-state index is 6.01. The topological polar surface area (TPSA) is 48.1 Å². The lowest BCUT2D eigenvalue weighted by Gasteiger charge is -2.17. The molecule has 1 rings (SSSR count). The second-order valence-corrected chi connectivity index (χ2v) is 3.92. The molecule has 74 valence electrons. The summed E-state index contributed by atoms with van der Waals surface area (Å²) in [5.41, 5.74) is 8.82. The minimum absolute atomic E-state index is 0.0430. The normalized spacial score (nSPS) is 15.6. The van der Waals surface area contributed by atoms with Crippen molar-refractivity contribution >= 4 is 11.3 Å². The Morgan fingerprint density at radius 3 is 3.00 bits per heavy atom. The van der Waals surface area contributed by atoms with Gasteiger partial charge in [-0.3, -0.25) is 0 Å². The van der Waals surface area contributed by atoms with Crippen LogP contribution in [0.1, 0.15) is 25.1 Å². The van der Waals surface area contributed by atoms with Crippen LogP contribution in [0.3, 0.4) is 0 Å². The summed E-state index contributed by atoms with van der Waals surface area (Å²) >= 11 is 1.59. The second kappa shape index (κ2) is 5.32. The zero-order chi connectivity index (χ0) is 9.68. The number of hydrogen-bond donors (Lipinski definition) is 1. The van der Waals surface area contributed by atoms with E-state index in [1.807, 2.05) is 10.9 Å². The highest BCUT2D eigenvalue weighted by molar-refractivity contribution is 7.07. The Hall–Kier alpha value is -0.450. The van der Waals surface area contributed by atoms with Crippen molar-refractivity contribution in [3.8, 4) is 0 Å². The molecular formula is C9H16N2OS. The molecule has 2 atom stereocenters. The van der Waals surface area contributed by atoms with E-state index in [0.717, 1.165) is 18.7 Å². The highest BCUT2D eigenvalue weighted by Gasteiger charge is 2.15. The molecular weight excluding hydrogens is 184 g/mol. The van der Waals surface area contributed by atoms with Gasteiger partial charge in [-0.05, 0) is 12.3 Å². The van der Waals surface area contributed by atoms with Gasteiger partial charge in [0.2, 0.25) is 0 Å². The molecule has 3 nitrogen and oxygen atoms in total. The molecule has 0 fully saturated rings. The molecule has 1 aromatic rings. The van der Waals surface area contributed by atoms with Crippen molar-refractivity contribution in [2.45, 2.75) is 19.4 Å². The molecule has 1 heterocycles. The van der Waals surface area contributed by atoms with Gasteiger partial charge in [0.15, 0.2) is 0 Å². The van der Waals surface area contributed by atoms with E-state index >= 15 is 0 Å². The van der Waals surface area contributed by atoms with E-state index in [9.17, 15) is 0 Å². The molecule has 13 heavy (non-hydrogen) atoms. The Labute approximate surface area is 82.9 Å².